The molecule has 0 radical (unpaired) electrons. The lowest BCUT2D eigenvalue weighted by Crippen LogP contribution is -2.00. The number of fused-ring (bicyclic) bond motifs is 1. The molecule has 1 aliphatic rings. The van der Waals surface area contributed by atoms with E-state index in [2.05, 4.69) is 29.0 Å². The maximum Gasteiger partial charge on any atom is 0.0406 e. The molecule has 0 saturated heterocycles. The molecule has 11 heavy (non-hydrogen) atoms. The summed E-state index contributed by atoms with van der Waals surface area (Å²) in [5.41, 5.74) is 8.04. The molecule has 0 aromatic carbocycles. The quantitative estimate of drug-likeness (QED) is 0.640. The Labute approximate surface area is 66.3 Å². The summed E-state index contributed by atoms with van der Waals surface area (Å²) in [5, 5.41) is 0. The molecule has 58 valence electrons. The van der Waals surface area contributed by atoms with E-state index in [0.717, 1.165) is 13.0 Å². The van der Waals surface area contributed by atoms with Gasteiger partial charge in [-0.05, 0) is 24.1 Å². The second-order valence-corrected chi connectivity index (χ2v) is 2.86. The molecule has 0 amide bonds. The van der Waals surface area contributed by atoms with Gasteiger partial charge < -0.3 is 10.3 Å². The fourth-order valence-electron chi connectivity index (χ4n) is 1.45. The van der Waals surface area contributed by atoms with Crippen LogP contribution in [0.1, 0.15) is 17.7 Å². The van der Waals surface area contributed by atoms with Gasteiger partial charge in [-0.3, -0.25) is 0 Å². The highest BCUT2D eigenvalue weighted by Crippen LogP contribution is 2.15. The van der Waals surface area contributed by atoms with Crippen LogP contribution in [0.2, 0.25) is 0 Å². The number of aryl methyl sites for hydroxylation is 1. The summed E-state index contributed by atoms with van der Waals surface area (Å²) >= 11 is 0. The van der Waals surface area contributed by atoms with E-state index in [1.165, 1.54) is 11.3 Å². The Balaban J connectivity index is 2.42. The monoisotopic (exact) mass is 148 g/mol. The number of rotatable bonds is 1. The van der Waals surface area contributed by atoms with Gasteiger partial charge in [-0.2, -0.15) is 0 Å². The number of nitrogens with two attached hydrogens (primary N) is 1. The van der Waals surface area contributed by atoms with E-state index in [9.17, 15) is 0 Å². The Morgan fingerprint density at radius 1 is 1.55 bits per heavy atom. The van der Waals surface area contributed by atoms with Crippen molar-refractivity contribution in [2.24, 2.45) is 5.73 Å². The van der Waals surface area contributed by atoms with E-state index >= 15 is 0 Å². The van der Waals surface area contributed by atoms with E-state index in [-0.39, 0.29) is 0 Å². The highest BCUT2D eigenvalue weighted by atomic mass is 15.0. The lowest BCUT2D eigenvalue weighted by Gasteiger charge is -2.07. The van der Waals surface area contributed by atoms with Gasteiger partial charge in [-0.15, -0.1) is 0 Å². The first-order valence-electron chi connectivity index (χ1n) is 3.96. The van der Waals surface area contributed by atoms with Gasteiger partial charge in [0.1, 0.15) is 0 Å². The smallest absolute Gasteiger partial charge is 0.0406 e. The van der Waals surface area contributed by atoms with Crippen LogP contribution in [0.25, 0.3) is 6.08 Å². The molecular formula is C9H12N2. The largest absolute Gasteiger partial charge is 0.347 e. The van der Waals surface area contributed by atoms with Crippen LogP contribution in [0.5, 0.6) is 0 Å². The second-order valence-electron chi connectivity index (χ2n) is 2.86. The average Bonchev–Trinajstić information content (AvgIpc) is 2.46. The summed E-state index contributed by atoms with van der Waals surface area (Å²) in [6.07, 6.45) is 7.64. The number of aromatic nitrogens is 1. The predicted molar refractivity (Wildman–Crippen MR) is 46.0 cm³/mol. The van der Waals surface area contributed by atoms with Gasteiger partial charge in [-0.1, -0.05) is 6.08 Å². The Kier molecular flexibility index (Phi) is 1.55. The molecule has 0 unspecified atom stereocenters. The minimum absolute atomic E-state index is 0.647. The minimum Gasteiger partial charge on any atom is -0.347 e. The summed E-state index contributed by atoms with van der Waals surface area (Å²) < 4.78 is 2.25. The second kappa shape index (κ2) is 2.55. The topological polar surface area (TPSA) is 30.9 Å². The molecule has 2 nitrogen and oxygen atoms in total. The maximum atomic E-state index is 5.52. The van der Waals surface area contributed by atoms with Gasteiger partial charge in [0, 0.05) is 25.0 Å². The zero-order chi connectivity index (χ0) is 7.68. The normalized spacial score (nSPS) is 15.0. The van der Waals surface area contributed by atoms with Crippen molar-refractivity contribution >= 4 is 6.08 Å². The highest BCUT2D eigenvalue weighted by molar-refractivity contribution is 5.48. The van der Waals surface area contributed by atoms with E-state index in [0.29, 0.717) is 6.54 Å². The van der Waals surface area contributed by atoms with Gasteiger partial charge in [0.2, 0.25) is 0 Å². The van der Waals surface area contributed by atoms with E-state index in [1.807, 2.05) is 0 Å². The SMILES string of the molecule is NCc1cc2n(c1)CCC=C2. The van der Waals surface area contributed by atoms with Crippen LogP contribution in [-0.4, -0.2) is 4.57 Å². The van der Waals surface area contributed by atoms with E-state index in [4.69, 9.17) is 5.73 Å². The van der Waals surface area contributed by atoms with Gasteiger partial charge in [0.15, 0.2) is 0 Å². The first-order chi connectivity index (χ1) is 5.40. The van der Waals surface area contributed by atoms with E-state index < -0.39 is 0 Å². The fourth-order valence-corrected chi connectivity index (χ4v) is 1.45. The van der Waals surface area contributed by atoms with Crippen molar-refractivity contribution in [3.63, 3.8) is 0 Å². The van der Waals surface area contributed by atoms with Gasteiger partial charge in [0.05, 0.1) is 0 Å². The Bertz CT molecular complexity index is 284. The highest BCUT2D eigenvalue weighted by Gasteiger charge is 2.04. The molecule has 2 heteroatoms. The molecule has 2 N–H and O–H groups in total. The summed E-state index contributed by atoms with van der Waals surface area (Å²) in [4.78, 5) is 0. The van der Waals surface area contributed by atoms with Gasteiger partial charge in [0.25, 0.3) is 0 Å². The van der Waals surface area contributed by atoms with Crippen molar-refractivity contribution < 1.29 is 0 Å². The Morgan fingerprint density at radius 3 is 3.18 bits per heavy atom. The molecule has 0 aliphatic carbocycles. The lowest BCUT2D eigenvalue weighted by molar-refractivity contribution is 0.695. The van der Waals surface area contributed by atoms with Crippen LogP contribution in [0.4, 0.5) is 0 Å². The molecule has 2 rings (SSSR count). The first kappa shape index (κ1) is 6.68. The minimum atomic E-state index is 0.647. The number of hydrogen-bond donors (Lipinski definition) is 1. The molecule has 2 heterocycles. The number of allylic oxidation sites excluding steroid dienone is 1. The van der Waals surface area contributed by atoms with Crippen molar-refractivity contribution in [1.29, 1.82) is 0 Å². The van der Waals surface area contributed by atoms with Crippen LogP contribution >= 0.6 is 0 Å². The summed E-state index contributed by atoms with van der Waals surface area (Å²) in [6.45, 7) is 1.75. The zero-order valence-electron chi connectivity index (χ0n) is 6.46. The molecule has 0 bridgehead atoms. The lowest BCUT2D eigenvalue weighted by atomic mass is 10.2. The van der Waals surface area contributed by atoms with Crippen LogP contribution in [0.15, 0.2) is 18.3 Å². The van der Waals surface area contributed by atoms with Crippen LogP contribution < -0.4 is 5.73 Å². The fraction of sp³-hybridized carbons (Fsp3) is 0.333. The average molecular weight is 148 g/mol. The Hall–Kier alpha value is -1.02. The van der Waals surface area contributed by atoms with Gasteiger partial charge >= 0.3 is 0 Å². The van der Waals surface area contributed by atoms with Crippen LogP contribution in [0.3, 0.4) is 0 Å². The van der Waals surface area contributed by atoms with Gasteiger partial charge in [-0.25, -0.2) is 0 Å². The molecule has 0 saturated carbocycles. The summed E-state index contributed by atoms with van der Waals surface area (Å²) in [5.74, 6) is 0. The number of nitrogens with zero attached hydrogens (tertiary/aromatic N) is 1. The molecule has 1 aliphatic heterocycles. The van der Waals surface area contributed by atoms with Crippen molar-refractivity contribution in [3.05, 3.63) is 29.6 Å². The van der Waals surface area contributed by atoms with Crippen molar-refractivity contribution in [2.45, 2.75) is 19.5 Å². The van der Waals surface area contributed by atoms with Crippen molar-refractivity contribution in [1.82, 2.24) is 4.57 Å². The Morgan fingerprint density at radius 2 is 2.45 bits per heavy atom. The van der Waals surface area contributed by atoms with Crippen LogP contribution in [0, 0.1) is 0 Å². The third kappa shape index (κ3) is 1.10. The third-order valence-corrected chi connectivity index (χ3v) is 2.05. The third-order valence-electron chi connectivity index (χ3n) is 2.05. The molecule has 1 aromatic rings. The molecular weight excluding hydrogens is 136 g/mol. The predicted octanol–water partition coefficient (Wildman–Crippen LogP) is 1.36. The summed E-state index contributed by atoms with van der Waals surface area (Å²) in [7, 11) is 0. The maximum absolute atomic E-state index is 5.52. The van der Waals surface area contributed by atoms with Crippen molar-refractivity contribution in [3.8, 4) is 0 Å². The molecule has 1 aromatic heterocycles. The van der Waals surface area contributed by atoms with Crippen molar-refractivity contribution in [2.75, 3.05) is 0 Å². The summed E-state index contributed by atoms with van der Waals surface area (Å²) in [6, 6.07) is 2.15. The zero-order valence-corrected chi connectivity index (χ0v) is 6.46. The van der Waals surface area contributed by atoms with E-state index in [1.54, 1.807) is 0 Å². The van der Waals surface area contributed by atoms with Crippen LogP contribution in [-0.2, 0) is 13.1 Å². The first-order valence-corrected chi connectivity index (χ1v) is 3.96. The standard InChI is InChI=1S/C9H12N2/c10-6-8-5-9-3-1-2-4-11(9)7-8/h1,3,5,7H,2,4,6,10H2. The molecule has 0 fully saturated rings. The molecule has 0 atom stereocenters. The number of hydrogen-bond acceptors (Lipinski definition) is 1. The molecule has 0 spiro atoms.